The Labute approximate surface area is 102 Å². The number of nitrogens with two attached hydrogens (primary N) is 1. The molecule has 0 radical (unpaired) electrons. The molecule has 3 nitrogen and oxygen atoms in total. The van der Waals surface area contributed by atoms with Crippen LogP contribution in [0.5, 0.6) is 0 Å². The summed E-state index contributed by atoms with van der Waals surface area (Å²) in [5.74, 6) is 0. The Morgan fingerprint density at radius 3 is 2.75 bits per heavy atom. The normalized spacial score (nSPS) is 14.9. The van der Waals surface area contributed by atoms with E-state index < -0.39 is 0 Å². The molecule has 2 unspecified atom stereocenters. The summed E-state index contributed by atoms with van der Waals surface area (Å²) in [6, 6.07) is 4.16. The van der Waals surface area contributed by atoms with Crippen molar-refractivity contribution in [1.82, 2.24) is 0 Å². The Kier molecular flexibility index (Phi) is 6.64. The highest BCUT2D eigenvalue weighted by atomic mass is 32.1. The van der Waals surface area contributed by atoms with Crippen molar-refractivity contribution >= 4 is 11.3 Å². The van der Waals surface area contributed by atoms with Gasteiger partial charge in [-0.15, -0.1) is 11.3 Å². The summed E-state index contributed by atoms with van der Waals surface area (Å²) in [7, 11) is 0. The molecule has 0 spiro atoms. The van der Waals surface area contributed by atoms with Crippen molar-refractivity contribution in [1.29, 1.82) is 0 Å². The van der Waals surface area contributed by atoms with Gasteiger partial charge in [-0.3, -0.25) is 0 Å². The van der Waals surface area contributed by atoms with E-state index in [1.54, 1.807) is 11.3 Å². The van der Waals surface area contributed by atoms with Crippen molar-refractivity contribution < 1.29 is 9.47 Å². The Balaban J connectivity index is 2.45. The zero-order chi connectivity index (χ0) is 11.8. The van der Waals surface area contributed by atoms with Crippen LogP contribution in [0, 0.1) is 0 Å². The second-order valence-electron chi connectivity index (χ2n) is 3.58. The fourth-order valence-corrected chi connectivity index (χ4v) is 2.31. The minimum absolute atomic E-state index is 0.00505. The molecule has 0 amide bonds. The van der Waals surface area contributed by atoms with Gasteiger partial charge in [-0.1, -0.05) is 13.0 Å². The van der Waals surface area contributed by atoms with Gasteiger partial charge in [0.2, 0.25) is 0 Å². The smallest absolute Gasteiger partial charge is 0.107 e. The van der Waals surface area contributed by atoms with Gasteiger partial charge in [0.1, 0.15) is 6.10 Å². The first kappa shape index (κ1) is 13.6. The monoisotopic (exact) mass is 243 g/mol. The van der Waals surface area contributed by atoms with Crippen LogP contribution in [0.1, 0.15) is 31.2 Å². The van der Waals surface area contributed by atoms with E-state index in [4.69, 9.17) is 15.2 Å². The van der Waals surface area contributed by atoms with Crippen LogP contribution in [-0.4, -0.2) is 25.9 Å². The first-order valence-electron chi connectivity index (χ1n) is 5.77. The van der Waals surface area contributed by atoms with Gasteiger partial charge in [0, 0.05) is 17.5 Å². The summed E-state index contributed by atoms with van der Waals surface area (Å²) in [6.45, 7) is 6.03. The topological polar surface area (TPSA) is 44.5 Å². The maximum atomic E-state index is 6.06. The van der Waals surface area contributed by atoms with E-state index in [0.717, 1.165) is 13.0 Å². The zero-order valence-corrected chi connectivity index (χ0v) is 10.8. The molecule has 1 rings (SSSR count). The van der Waals surface area contributed by atoms with E-state index in [2.05, 4.69) is 18.4 Å². The quantitative estimate of drug-likeness (QED) is 0.714. The highest BCUT2D eigenvalue weighted by Gasteiger charge is 2.19. The Morgan fingerprint density at radius 2 is 2.19 bits per heavy atom. The summed E-state index contributed by atoms with van der Waals surface area (Å²) in [5, 5.41) is 2.05. The number of thiophene rings is 1. The van der Waals surface area contributed by atoms with Gasteiger partial charge in [0.25, 0.3) is 0 Å². The average molecular weight is 243 g/mol. The van der Waals surface area contributed by atoms with Gasteiger partial charge >= 0.3 is 0 Å². The third kappa shape index (κ3) is 4.22. The lowest BCUT2D eigenvalue weighted by Crippen LogP contribution is -2.29. The molecule has 4 heteroatoms. The lowest BCUT2D eigenvalue weighted by molar-refractivity contribution is -0.00385. The summed E-state index contributed by atoms with van der Waals surface area (Å²) in [4.78, 5) is 1.20. The van der Waals surface area contributed by atoms with Gasteiger partial charge in [-0.05, 0) is 24.8 Å². The molecule has 0 saturated heterocycles. The highest BCUT2D eigenvalue weighted by molar-refractivity contribution is 7.10. The van der Waals surface area contributed by atoms with Crippen LogP contribution < -0.4 is 5.73 Å². The van der Waals surface area contributed by atoms with E-state index in [0.29, 0.717) is 13.2 Å². The average Bonchev–Trinajstić information content (AvgIpc) is 2.82. The van der Waals surface area contributed by atoms with E-state index in [1.807, 2.05) is 13.0 Å². The minimum Gasteiger partial charge on any atom is -0.379 e. The van der Waals surface area contributed by atoms with Gasteiger partial charge in [0.05, 0.1) is 13.2 Å². The van der Waals surface area contributed by atoms with Crippen LogP contribution in [0.3, 0.4) is 0 Å². The maximum Gasteiger partial charge on any atom is 0.107 e. The second-order valence-corrected chi connectivity index (χ2v) is 4.56. The Hall–Kier alpha value is -0.420. The fourth-order valence-electron chi connectivity index (χ4n) is 1.46. The first-order valence-corrected chi connectivity index (χ1v) is 6.65. The van der Waals surface area contributed by atoms with Crippen molar-refractivity contribution in [2.45, 2.75) is 32.4 Å². The van der Waals surface area contributed by atoms with Gasteiger partial charge < -0.3 is 15.2 Å². The molecule has 1 aromatic heterocycles. The van der Waals surface area contributed by atoms with E-state index in [1.165, 1.54) is 4.88 Å². The Bertz CT molecular complexity index is 264. The Morgan fingerprint density at radius 1 is 1.38 bits per heavy atom. The van der Waals surface area contributed by atoms with Gasteiger partial charge in [-0.25, -0.2) is 0 Å². The molecule has 0 aliphatic carbocycles. The molecule has 92 valence electrons. The summed E-state index contributed by atoms with van der Waals surface area (Å²) in [6.07, 6.45) is 0.919. The van der Waals surface area contributed by atoms with E-state index >= 15 is 0 Å². The van der Waals surface area contributed by atoms with E-state index in [9.17, 15) is 0 Å². The van der Waals surface area contributed by atoms with Crippen molar-refractivity contribution in [3.05, 3.63) is 22.4 Å². The van der Waals surface area contributed by atoms with Crippen LogP contribution in [0.4, 0.5) is 0 Å². The molecule has 0 aliphatic rings. The molecule has 2 atom stereocenters. The van der Waals surface area contributed by atoms with Crippen molar-refractivity contribution in [3.8, 4) is 0 Å². The molecule has 0 bridgehead atoms. The van der Waals surface area contributed by atoms with E-state index in [-0.39, 0.29) is 12.1 Å². The van der Waals surface area contributed by atoms with Crippen LogP contribution in [0.2, 0.25) is 0 Å². The molecule has 0 aromatic carbocycles. The van der Waals surface area contributed by atoms with Gasteiger partial charge in [-0.2, -0.15) is 0 Å². The second kappa shape index (κ2) is 7.79. The molecule has 0 fully saturated rings. The number of hydrogen-bond donors (Lipinski definition) is 1. The molecule has 1 aromatic rings. The first-order chi connectivity index (χ1) is 7.79. The van der Waals surface area contributed by atoms with Gasteiger partial charge in [0.15, 0.2) is 0 Å². The predicted molar refractivity (Wildman–Crippen MR) is 67.8 cm³/mol. The molecule has 0 aliphatic heterocycles. The van der Waals surface area contributed by atoms with Crippen LogP contribution in [0.25, 0.3) is 0 Å². The summed E-state index contributed by atoms with van der Waals surface area (Å²) in [5.41, 5.74) is 6.06. The third-order valence-electron chi connectivity index (χ3n) is 2.41. The molecule has 1 heterocycles. The molecule has 2 N–H and O–H groups in total. The molecule has 16 heavy (non-hydrogen) atoms. The summed E-state index contributed by atoms with van der Waals surface area (Å²) < 4.78 is 11.1. The fraction of sp³-hybridized carbons (Fsp3) is 0.667. The highest BCUT2D eigenvalue weighted by Crippen LogP contribution is 2.26. The van der Waals surface area contributed by atoms with Crippen molar-refractivity contribution in [2.75, 3.05) is 19.8 Å². The lowest BCUT2D eigenvalue weighted by atomic mass is 10.1. The zero-order valence-electron chi connectivity index (χ0n) is 10.0. The van der Waals surface area contributed by atoms with Crippen molar-refractivity contribution in [2.24, 2.45) is 5.73 Å². The largest absolute Gasteiger partial charge is 0.379 e. The SMILES string of the molecule is CCOCCOC(c1cccs1)C(N)CC. The van der Waals surface area contributed by atoms with Crippen LogP contribution in [-0.2, 0) is 9.47 Å². The predicted octanol–water partition coefficient (Wildman–Crippen LogP) is 2.58. The number of ether oxygens (including phenoxy) is 2. The minimum atomic E-state index is 0.00505. The van der Waals surface area contributed by atoms with Crippen LogP contribution in [0.15, 0.2) is 17.5 Å². The standard InChI is InChI=1S/C12H21NO2S/c1-3-10(13)12(11-6-5-9-16-11)15-8-7-14-4-2/h5-6,9-10,12H,3-4,7-8,13H2,1-2H3. The molecular formula is C12H21NO2S. The van der Waals surface area contributed by atoms with Crippen LogP contribution >= 0.6 is 11.3 Å². The molecular weight excluding hydrogens is 222 g/mol. The summed E-state index contributed by atoms with van der Waals surface area (Å²) >= 11 is 1.69. The number of hydrogen-bond acceptors (Lipinski definition) is 4. The lowest BCUT2D eigenvalue weighted by Gasteiger charge is -2.22. The third-order valence-corrected chi connectivity index (χ3v) is 3.35. The maximum absolute atomic E-state index is 6.06. The van der Waals surface area contributed by atoms with Crippen molar-refractivity contribution in [3.63, 3.8) is 0 Å². The number of rotatable bonds is 8. The molecule has 0 saturated carbocycles.